The van der Waals surface area contributed by atoms with Gasteiger partial charge in [-0.25, -0.2) is 0 Å². The third-order valence-electron chi connectivity index (χ3n) is 4.15. The Morgan fingerprint density at radius 1 is 1.00 bits per heavy atom. The van der Waals surface area contributed by atoms with E-state index in [1.54, 1.807) is 0 Å². The molecule has 114 valence electrons. The lowest BCUT2D eigenvalue weighted by Gasteiger charge is -2.23. The van der Waals surface area contributed by atoms with Crippen molar-refractivity contribution in [1.82, 2.24) is 10.2 Å². The third kappa shape index (κ3) is 4.83. The van der Waals surface area contributed by atoms with Gasteiger partial charge in [-0.05, 0) is 49.3 Å². The SMILES string of the molecule is CCN(CC)CC(C)NCCc1ccc2ccccc2c1. The van der Waals surface area contributed by atoms with Crippen LogP contribution in [-0.4, -0.2) is 37.1 Å². The molecule has 0 aliphatic carbocycles. The summed E-state index contributed by atoms with van der Waals surface area (Å²) in [6.07, 6.45) is 1.09. The Hall–Kier alpha value is -1.38. The first-order chi connectivity index (χ1) is 10.2. The first kappa shape index (κ1) is 16.0. The van der Waals surface area contributed by atoms with Gasteiger partial charge in [0.1, 0.15) is 0 Å². The van der Waals surface area contributed by atoms with Crippen molar-refractivity contribution in [3.63, 3.8) is 0 Å². The van der Waals surface area contributed by atoms with Crippen LogP contribution in [0.1, 0.15) is 26.3 Å². The molecule has 2 aromatic carbocycles. The van der Waals surface area contributed by atoms with Crippen molar-refractivity contribution in [3.05, 3.63) is 48.0 Å². The molecular weight excluding hydrogens is 256 g/mol. The topological polar surface area (TPSA) is 15.3 Å². The quantitative estimate of drug-likeness (QED) is 0.795. The van der Waals surface area contributed by atoms with E-state index in [9.17, 15) is 0 Å². The van der Waals surface area contributed by atoms with Gasteiger partial charge in [-0.1, -0.05) is 56.3 Å². The molecule has 1 N–H and O–H groups in total. The molecule has 2 aromatic rings. The summed E-state index contributed by atoms with van der Waals surface area (Å²) in [5.74, 6) is 0. The van der Waals surface area contributed by atoms with E-state index in [2.05, 4.69) is 73.5 Å². The number of hydrogen-bond acceptors (Lipinski definition) is 2. The minimum atomic E-state index is 0.547. The molecule has 1 atom stereocenters. The van der Waals surface area contributed by atoms with Crippen molar-refractivity contribution >= 4 is 10.8 Å². The molecule has 2 heteroatoms. The number of nitrogens with zero attached hydrogens (tertiary/aromatic N) is 1. The van der Waals surface area contributed by atoms with Crippen LogP contribution in [0.25, 0.3) is 10.8 Å². The monoisotopic (exact) mass is 284 g/mol. The zero-order chi connectivity index (χ0) is 15.1. The highest BCUT2D eigenvalue weighted by molar-refractivity contribution is 5.82. The fraction of sp³-hybridized carbons (Fsp3) is 0.474. The second-order valence-corrected chi connectivity index (χ2v) is 5.77. The molecule has 21 heavy (non-hydrogen) atoms. The molecule has 0 aliphatic rings. The molecule has 0 amide bonds. The lowest BCUT2D eigenvalue weighted by molar-refractivity contribution is 0.272. The molecule has 2 rings (SSSR count). The fourth-order valence-electron chi connectivity index (χ4n) is 2.79. The predicted octanol–water partition coefficient (Wildman–Crippen LogP) is 3.70. The standard InChI is InChI=1S/C19H28N2/c1-4-21(5-2)15-16(3)20-13-12-17-10-11-18-8-6-7-9-19(18)14-17/h6-11,14,16,20H,4-5,12-13,15H2,1-3H3. The van der Waals surface area contributed by atoms with Gasteiger partial charge >= 0.3 is 0 Å². The fourth-order valence-corrected chi connectivity index (χ4v) is 2.79. The largest absolute Gasteiger partial charge is 0.313 e. The number of benzene rings is 2. The third-order valence-corrected chi connectivity index (χ3v) is 4.15. The highest BCUT2D eigenvalue weighted by Gasteiger charge is 2.06. The summed E-state index contributed by atoms with van der Waals surface area (Å²) in [5.41, 5.74) is 1.41. The van der Waals surface area contributed by atoms with E-state index in [-0.39, 0.29) is 0 Å². The molecule has 2 nitrogen and oxygen atoms in total. The van der Waals surface area contributed by atoms with E-state index in [1.165, 1.54) is 16.3 Å². The second kappa shape index (κ2) is 8.16. The average molecular weight is 284 g/mol. The lowest BCUT2D eigenvalue weighted by atomic mass is 10.1. The maximum Gasteiger partial charge on any atom is 0.0166 e. The van der Waals surface area contributed by atoms with Crippen molar-refractivity contribution in [2.75, 3.05) is 26.2 Å². The molecule has 0 bridgehead atoms. The van der Waals surface area contributed by atoms with E-state index < -0.39 is 0 Å². The summed E-state index contributed by atoms with van der Waals surface area (Å²) >= 11 is 0. The predicted molar refractivity (Wildman–Crippen MR) is 92.9 cm³/mol. The maximum atomic E-state index is 3.64. The van der Waals surface area contributed by atoms with Gasteiger partial charge in [-0.15, -0.1) is 0 Å². The minimum absolute atomic E-state index is 0.547. The van der Waals surface area contributed by atoms with Crippen LogP contribution in [0.15, 0.2) is 42.5 Å². The normalized spacial score (nSPS) is 13.0. The Balaban J connectivity index is 1.81. The smallest absolute Gasteiger partial charge is 0.0166 e. The minimum Gasteiger partial charge on any atom is -0.313 e. The molecule has 0 aromatic heterocycles. The van der Waals surface area contributed by atoms with Crippen LogP contribution in [0.3, 0.4) is 0 Å². The van der Waals surface area contributed by atoms with E-state index in [0.717, 1.165) is 32.6 Å². The molecule has 0 saturated carbocycles. The van der Waals surface area contributed by atoms with Crippen LogP contribution in [0, 0.1) is 0 Å². The Bertz CT molecular complexity index is 546. The number of nitrogens with one attached hydrogen (secondary N) is 1. The van der Waals surface area contributed by atoms with E-state index in [4.69, 9.17) is 0 Å². The van der Waals surface area contributed by atoms with Gasteiger partial charge in [0.25, 0.3) is 0 Å². The van der Waals surface area contributed by atoms with Crippen LogP contribution in [-0.2, 0) is 6.42 Å². The summed E-state index contributed by atoms with van der Waals surface area (Å²) in [7, 11) is 0. The van der Waals surface area contributed by atoms with Gasteiger partial charge in [0.2, 0.25) is 0 Å². The zero-order valence-corrected chi connectivity index (χ0v) is 13.6. The van der Waals surface area contributed by atoms with Crippen molar-refractivity contribution in [3.8, 4) is 0 Å². The molecule has 0 aliphatic heterocycles. The Labute approximate surface area is 129 Å². The Kier molecular flexibility index (Phi) is 6.21. The Morgan fingerprint density at radius 3 is 2.43 bits per heavy atom. The summed E-state index contributed by atoms with van der Waals surface area (Å²) in [6.45, 7) is 11.2. The number of hydrogen-bond donors (Lipinski definition) is 1. The summed E-state index contributed by atoms with van der Waals surface area (Å²) in [6, 6.07) is 15.9. The van der Waals surface area contributed by atoms with Gasteiger partial charge in [0.05, 0.1) is 0 Å². The van der Waals surface area contributed by atoms with Gasteiger partial charge in [-0.3, -0.25) is 0 Å². The maximum absolute atomic E-state index is 3.64. The molecule has 1 unspecified atom stereocenters. The van der Waals surface area contributed by atoms with Crippen molar-refractivity contribution in [2.45, 2.75) is 33.2 Å². The van der Waals surface area contributed by atoms with Gasteiger partial charge < -0.3 is 10.2 Å². The van der Waals surface area contributed by atoms with Crippen LogP contribution < -0.4 is 5.32 Å². The van der Waals surface area contributed by atoms with Crippen molar-refractivity contribution < 1.29 is 0 Å². The molecule has 0 spiro atoms. The van der Waals surface area contributed by atoms with E-state index in [0.29, 0.717) is 6.04 Å². The van der Waals surface area contributed by atoms with Crippen LogP contribution in [0.5, 0.6) is 0 Å². The zero-order valence-electron chi connectivity index (χ0n) is 13.6. The number of rotatable bonds is 8. The summed E-state index contributed by atoms with van der Waals surface area (Å²) < 4.78 is 0. The summed E-state index contributed by atoms with van der Waals surface area (Å²) in [5, 5.41) is 6.30. The van der Waals surface area contributed by atoms with E-state index in [1.807, 2.05) is 0 Å². The Morgan fingerprint density at radius 2 is 1.71 bits per heavy atom. The molecule has 0 heterocycles. The van der Waals surface area contributed by atoms with Crippen LogP contribution in [0.2, 0.25) is 0 Å². The van der Waals surface area contributed by atoms with Crippen molar-refractivity contribution in [1.29, 1.82) is 0 Å². The molecule has 0 fully saturated rings. The first-order valence-corrected chi connectivity index (χ1v) is 8.16. The van der Waals surface area contributed by atoms with Crippen LogP contribution >= 0.6 is 0 Å². The molecule has 0 radical (unpaired) electrons. The highest BCUT2D eigenvalue weighted by atomic mass is 15.1. The molecular formula is C19H28N2. The highest BCUT2D eigenvalue weighted by Crippen LogP contribution is 2.15. The molecule has 0 saturated heterocycles. The van der Waals surface area contributed by atoms with E-state index >= 15 is 0 Å². The van der Waals surface area contributed by atoms with Gasteiger partial charge in [-0.2, -0.15) is 0 Å². The van der Waals surface area contributed by atoms with Gasteiger partial charge in [0.15, 0.2) is 0 Å². The second-order valence-electron chi connectivity index (χ2n) is 5.77. The van der Waals surface area contributed by atoms with Gasteiger partial charge in [0, 0.05) is 12.6 Å². The van der Waals surface area contributed by atoms with Crippen molar-refractivity contribution in [2.24, 2.45) is 0 Å². The average Bonchev–Trinajstić information content (AvgIpc) is 2.52. The van der Waals surface area contributed by atoms with Crippen LogP contribution in [0.4, 0.5) is 0 Å². The number of likely N-dealkylation sites (N-methyl/N-ethyl adjacent to an activating group) is 1. The summed E-state index contributed by atoms with van der Waals surface area (Å²) in [4.78, 5) is 2.47. The number of fused-ring (bicyclic) bond motifs is 1. The lowest BCUT2D eigenvalue weighted by Crippen LogP contribution is -2.39. The first-order valence-electron chi connectivity index (χ1n) is 8.16.